The molecular formula is C13H17N7O5. The Morgan fingerprint density at radius 2 is 2.08 bits per heavy atom. The zero-order valence-electron chi connectivity index (χ0n) is 13.6. The first-order chi connectivity index (χ1) is 11.8. The molecule has 0 aromatic carbocycles. The van der Waals surface area contributed by atoms with Crippen molar-refractivity contribution in [1.29, 1.82) is 0 Å². The number of methoxy groups -OCH3 is 1. The van der Waals surface area contributed by atoms with Gasteiger partial charge >= 0.3 is 11.6 Å². The van der Waals surface area contributed by atoms with E-state index in [0.717, 1.165) is 0 Å². The molecule has 2 aromatic heterocycles. The van der Waals surface area contributed by atoms with Crippen molar-refractivity contribution >= 4 is 23.2 Å². The lowest BCUT2D eigenvalue weighted by molar-refractivity contribution is -0.385. The summed E-state index contributed by atoms with van der Waals surface area (Å²) in [7, 11) is 1.27. The number of aromatic nitrogens is 4. The number of nitrogens with one attached hydrogen (secondary N) is 1. The second kappa shape index (κ2) is 7.42. The van der Waals surface area contributed by atoms with Crippen molar-refractivity contribution in [3.8, 4) is 5.88 Å². The molecule has 2 rings (SSSR count). The maximum absolute atomic E-state index is 12.0. The summed E-state index contributed by atoms with van der Waals surface area (Å²) >= 11 is 0. The van der Waals surface area contributed by atoms with E-state index < -0.39 is 16.7 Å². The standard InChI is InChI=1S/C13H17N7O5/c1-3-18-6-8(11(16-18)12(14)22)15-10(21)4-5-19-7-9(20(23)24)13(17-19)25-2/h6-7H,3-5H2,1-2H3,(H2,14,22)(H,15,21). The fourth-order valence-corrected chi connectivity index (χ4v) is 2.06. The average Bonchev–Trinajstić information content (AvgIpc) is 3.16. The molecule has 2 aromatic rings. The molecule has 0 unspecified atom stereocenters. The Hall–Kier alpha value is -3.44. The van der Waals surface area contributed by atoms with Crippen LogP contribution in [-0.2, 0) is 17.9 Å². The van der Waals surface area contributed by atoms with E-state index in [2.05, 4.69) is 15.5 Å². The number of hydrogen-bond donors (Lipinski definition) is 2. The van der Waals surface area contributed by atoms with Gasteiger partial charge in [0, 0.05) is 19.2 Å². The van der Waals surface area contributed by atoms with Gasteiger partial charge in [-0.25, -0.2) is 0 Å². The third kappa shape index (κ3) is 4.10. The fraction of sp³-hybridized carbons (Fsp3) is 0.385. The molecule has 0 radical (unpaired) electrons. The van der Waals surface area contributed by atoms with Crippen LogP contribution in [0.15, 0.2) is 12.4 Å². The maximum atomic E-state index is 12.0. The number of rotatable bonds is 8. The van der Waals surface area contributed by atoms with Crippen LogP contribution in [0.5, 0.6) is 5.88 Å². The number of nitrogens with zero attached hydrogens (tertiary/aromatic N) is 5. The summed E-state index contributed by atoms with van der Waals surface area (Å²) in [6.07, 6.45) is 2.65. The second-order valence-corrected chi connectivity index (χ2v) is 4.95. The molecule has 0 atom stereocenters. The van der Waals surface area contributed by atoms with Crippen LogP contribution in [0.4, 0.5) is 11.4 Å². The average molecular weight is 351 g/mol. The molecule has 0 aliphatic carbocycles. The van der Waals surface area contributed by atoms with Gasteiger partial charge in [-0.15, -0.1) is 5.10 Å². The zero-order valence-corrected chi connectivity index (χ0v) is 13.6. The van der Waals surface area contributed by atoms with E-state index in [1.165, 1.54) is 28.9 Å². The van der Waals surface area contributed by atoms with Gasteiger partial charge < -0.3 is 15.8 Å². The van der Waals surface area contributed by atoms with Gasteiger partial charge in [0.05, 0.1) is 24.3 Å². The van der Waals surface area contributed by atoms with E-state index in [4.69, 9.17) is 10.5 Å². The van der Waals surface area contributed by atoms with Crippen molar-refractivity contribution in [2.45, 2.75) is 26.4 Å². The smallest absolute Gasteiger partial charge is 0.350 e. The van der Waals surface area contributed by atoms with Crippen LogP contribution in [0.25, 0.3) is 0 Å². The normalized spacial score (nSPS) is 10.5. The molecule has 0 saturated carbocycles. The predicted octanol–water partition coefficient (Wildman–Crippen LogP) is 0.144. The Balaban J connectivity index is 2.03. The quantitative estimate of drug-likeness (QED) is 0.505. The summed E-state index contributed by atoms with van der Waals surface area (Å²) in [6, 6.07) is 0. The van der Waals surface area contributed by atoms with E-state index in [-0.39, 0.29) is 35.9 Å². The lowest BCUT2D eigenvalue weighted by Gasteiger charge is -2.04. The van der Waals surface area contributed by atoms with Gasteiger partial charge in [-0.1, -0.05) is 0 Å². The van der Waals surface area contributed by atoms with Crippen LogP contribution in [0.3, 0.4) is 0 Å². The predicted molar refractivity (Wildman–Crippen MR) is 85.1 cm³/mol. The number of nitrogens with two attached hydrogens (primary N) is 1. The molecule has 134 valence electrons. The highest BCUT2D eigenvalue weighted by Crippen LogP contribution is 2.24. The van der Waals surface area contributed by atoms with Gasteiger partial charge in [-0.3, -0.25) is 29.1 Å². The summed E-state index contributed by atoms with van der Waals surface area (Å²) in [5, 5.41) is 21.2. The Kier molecular flexibility index (Phi) is 5.31. The van der Waals surface area contributed by atoms with Crippen LogP contribution in [0, 0.1) is 10.1 Å². The van der Waals surface area contributed by atoms with E-state index in [1.807, 2.05) is 6.92 Å². The molecule has 12 heteroatoms. The highest BCUT2D eigenvalue weighted by atomic mass is 16.6. The maximum Gasteiger partial charge on any atom is 0.350 e. The minimum absolute atomic E-state index is 0.0303. The molecule has 0 saturated heterocycles. The highest BCUT2D eigenvalue weighted by molar-refractivity contribution is 6.01. The number of carbonyl (C=O) groups is 2. The van der Waals surface area contributed by atoms with Gasteiger partial charge in [-0.2, -0.15) is 5.10 Å². The van der Waals surface area contributed by atoms with Gasteiger partial charge in [0.15, 0.2) is 5.69 Å². The van der Waals surface area contributed by atoms with Crippen LogP contribution >= 0.6 is 0 Å². The van der Waals surface area contributed by atoms with Crippen molar-refractivity contribution < 1.29 is 19.2 Å². The van der Waals surface area contributed by atoms with Crippen molar-refractivity contribution in [3.05, 3.63) is 28.2 Å². The number of aryl methyl sites for hydroxylation is 2. The molecule has 0 spiro atoms. The van der Waals surface area contributed by atoms with Crippen LogP contribution < -0.4 is 15.8 Å². The van der Waals surface area contributed by atoms with Gasteiger partial charge in [0.25, 0.3) is 5.91 Å². The number of primary amides is 1. The van der Waals surface area contributed by atoms with E-state index in [1.54, 1.807) is 0 Å². The number of anilines is 1. The summed E-state index contributed by atoms with van der Waals surface area (Å²) in [5.41, 5.74) is 5.12. The second-order valence-electron chi connectivity index (χ2n) is 4.95. The Morgan fingerprint density at radius 3 is 2.60 bits per heavy atom. The Labute approximate surface area is 141 Å². The van der Waals surface area contributed by atoms with Gasteiger partial charge in [0.2, 0.25) is 5.91 Å². The first-order valence-electron chi connectivity index (χ1n) is 7.28. The minimum atomic E-state index is -0.755. The molecular weight excluding hydrogens is 334 g/mol. The van der Waals surface area contributed by atoms with Crippen molar-refractivity contribution in [2.75, 3.05) is 12.4 Å². The summed E-state index contributed by atoms with van der Waals surface area (Å²) in [6.45, 7) is 2.41. The highest BCUT2D eigenvalue weighted by Gasteiger charge is 2.21. The van der Waals surface area contributed by atoms with Crippen molar-refractivity contribution in [1.82, 2.24) is 19.6 Å². The molecule has 0 fully saturated rings. The monoisotopic (exact) mass is 351 g/mol. The number of ether oxygens (including phenoxy) is 1. The molecule has 12 nitrogen and oxygen atoms in total. The van der Waals surface area contributed by atoms with Crippen molar-refractivity contribution in [2.24, 2.45) is 5.73 Å². The third-order valence-electron chi connectivity index (χ3n) is 3.26. The van der Waals surface area contributed by atoms with Crippen LogP contribution in [-0.4, -0.2) is 43.4 Å². The van der Waals surface area contributed by atoms with E-state index >= 15 is 0 Å². The molecule has 2 amide bonds. The third-order valence-corrected chi connectivity index (χ3v) is 3.26. The topological polar surface area (TPSA) is 160 Å². The number of carbonyl (C=O) groups excluding carboxylic acids is 2. The first-order valence-corrected chi connectivity index (χ1v) is 7.28. The SMILES string of the molecule is CCn1cc(NC(=O)CCn2cc([N+](=O)[O-])c(OC)n2)c(C(N)=O)n1. The fourth-order valence-electron chi connectivity index (χ4n) is 2.06. The minimum Gasteiger partial charge on any atom is -0.475 e. The zero-order chi connectivity index (χ0) is 18.6. The molecule has 25 heavy (non-hydrogen) atoms. The summed E-state index contributed by atoms with van der Waals surface area (Å²) < 4.78 is 7.52. The van der Waals surface area contributed by atoms with Crippen molar-refractivity contribution in [3.63, 3.8) is 0 Å². The van der Waals surface area contributed by atoms with Gasteiger partial charge in [-0.05, 0) is 6.92 Å². The molecule has 0 bridgehead atoms. The van der Waals surface area contributed by atoms with Gasteiger partial charge in [0.1, 0.15) is 6.20 Å². The summed E-state index contributed by atoms with van der Waals surface area (Å²) in [5.74, 6) is -1.31. The van der Waals surface area contributed by atoms with Crippen LogP contribution in [0.1, 0.15) is 23.8 Å². The van der Waals surface area contributed by atoms with E-state index in [0.29, 0.717) is 6.54 Å². The molecule has 0 aliphatic rings. The van der Waals surface area contributed by atoms with Crippen LogP contribution in [0.2, 0.25) is 0 Å². The summed E-state index contributed by atoms with van der Waals surface area (Å²) in [4.78, 5) is 33.6. The van der Waals surface area contributed by atoms with E-state index in [9.17, 15) is 19.7 Å². The number of hydrogen-bond acceptors (Lipinski definition) is 7. The molecule has 2 heterocycles. The Morgan fingerprint density at radius 1 is 1.36 bits per heavy atom. The Bertz CT molecular complexity index is 810. The number of nitro groups is 1. The number of amides is 2. The lowest BCUT2D eigenvalue weighted by Crippen LogP contribution is -2.19. The largest absolute Gasteiger partial charge is 0.475 e. The molecule has 3 N–H and O–H groups in total. The lowest BCUT2D eigenvalue weighted by atomic mass is 10.3. The molecule has 0 aliphatic heterocycles. The first kappa shape index (κ1) is 17.9.